The maximum Gasteiger partial charge on any atom is 0.420 e. The van der Waals surface area contributed by atoms with Crippen molar-refractivity contribution in [1.82, 2.24) is 0 Å². The highest BCUT2D eigenvalue weighted by molar-refractivity contribution is 5.46. The van der Waals surface area contributed by atoms with E-state index in [2.05, 4.69) is 0 Å². The van der Waals surface area contributed by atoms with Crippen LogP contribution >= 0.6 is 0 Å². The van der Waals surface area contributed by atoms with E-state index < -0.39 is 23.0 Å². The minimum Gasteiger partial charge on any atom is -0.377 e. The zero-order chi connectivity index (χ0) is 23.6. The highest BCUT2D eigenvalue weighted by Gasteiger charge is 2.87. The van der Waals surface area contributed by atoms with Gasteiger partial charge in [0.05, 0.1) is 0 Å². The lowest BCUT2D eigenvalue weighted by molar-refractivity contribution is -0.188. The van der Waals surface area contributed by atoms with Gasteiger partial charge in [0.2, 0.25) is 0 Å². The van der Waals surface area contributed by atoms with Gasteiger partial charge in [0.25, 0.3) is 0 Å². The molecule has 4 rings (SSSR count). The van der Waals surface area contributed by atoms with Gasteiger partial charge in [-0.3, -0.25) is 0 Å². The lowest BCUT2D eigenvalue weighted by Gasteiger charge is -2.38. The third kappa shape index (κ3) is 3.87. The van der Waals surface area contributed by atoms with E-state index in [9.17, 15) is 18.3 Å². The maximum absolute atomic E-state index is 14.8. The Labute approximate surface area is 193 Å². The zero-order valence-corrected chi connectivity index (χ0v) is 18.7. The molecule has 2 nitrogen and oxygen atoms in total. The Balaban J connectivity index is 1.87. The van der Waals surface area contributed by atoms with Crippen molar-refractivity contribution in [2.75, 3.05) is 0 Å². The standard InChI is InChI=1S/C28H29F3O2/c1-2-3-20-25(26(33-25,28(29,30)31)21-19-22-13-7-4-8-14-22)27(32,23-15-9-5-10-16-23)24-17-11-6-12-18-24/h4-18,32H,2-3,19-21H2,1H3/t25-,26+/m0/s1. The first-order valence-electron chi connectivity index (χ1n) is 11.4. The van der Waals surface area contributed by atoms with Gasteiger partial charge in [-0.15, -0.1) is 0 Å². The van der Waals surface area contributed by atoms with Crippen molar-refractivity contribution in [3.05, 3.63) is 108 Å². The molecule has 2 atom stereocenters. The van der Waals surface area contributed by atoms with Crippen LogP contribution in [0.1, 0.15) is 49.3 Å². The van der Waals surface area contributed by atoms with Crippen LogP contribution in [0.4, 0.5) is 13.2 Å². The molecule has 0 unspecified atom stereocenters. The summed E-state index contributed by atoms with van der Waals surface area (Å²) in [5.74, 6) is 0. The Hall–Kier alpha value is -2.63. The third-order valence-corrected chi connectivity index (χ3v) is 6.88. The van der Waals surface area contributed by atoms with Crippen LogP contribution in [0.3, 0.4) is 0 Å². The first kappa shape index (κ1) is 23.5. The Morgan fingerprint density at radius 3 is 1.67 bits per heavy atom. The van der Waals surface area contributed by atoms with E-state index in [0.29, 0.717) is 24.0 Å². The van der Waals surface area contributed by atoms with E-state index in [1.807, 2.05) is 37.3 Å². The molecule has 5 heteroatoms. The Kier molecular flexibility index (Phi) is 6.39. The molecule has 1 heterocycles. The lowest BCUT2D eigenvalue weighted by atomic mass is 9.67. The number of alkyl halides is 3. The molecule has 0 aromatic heterocycles. The number of benzene rings is 3. The lowest BCUT2D eigenvalue weighted by Crippen LogP contribution is -2.53. The fourth-order valence-electron chi connectivity index (χ4n) is 5.14. The fourth-order valence-corrected chi connectivity index (χ4v) is 5.14. The van der Waals surface area contributed by atoms with Crippen LogP contribution in [0.25, 0.3) is 0 Å². The second kappa shape index (κ2) is 8.96. The molecule has 1 aliphatic rings. The fraction of sp³-hybridized carbons (Fsp3) is 0.357. The van der Waals surface area contributed by atoms with E-state index in [1.165, 1.54) is 0 Å². The van der Waals surface area contributed by atoms with Gasteiger partial charge in [0.1, 0.15) is 11.2 Å². The molecule has 174 valence electrons. The summed E-state index contributed by atoms with van der Waals surface area (Å²) >= 11 is 0. The first-order chi connectivity index (χ1) is 15.8. The average Bonchev–Trinajstić information content (AvgIpc) is 3.54. The Bertz CT molecular complexity index is 998. The molecular weight excluding hydrogens is 425 g/mol. The van der Waals surface area contributed by atoms with Gasteiger partial charge >= 0.3 is 6.18 Å². The van der Waals surface area contributed by atoms with Gasteiger partial charge in [-0.1, -0.05) is 111 Å². The van der Waals surface area contributed by atoms with E-state index >= 15 is 0 Å². The summed E-state index contributed by atoms with van der Waals surface area (Å²) in [6, 6.07) is 26.3. The van der Waals surface area contributed by atoms with E-state index in [-0.39, 0.29) is 19.3 Å². The smallest absolute Gasteiger partial charge is 0.377 e. The van der Waals surface area contributed by atoms with E-state index in [1.54, 1.807) is 60.7 Å². The van der Waals surface area contributed by atoms with Crippen LogP contribution in [0.5, 0.6) is 0 Å². The topological polar surface area (TPSA) is 32.8 Å². The number of epoxide rings is 1. The molecular formula is C28H29F3O2. The number of hydrogen-bond acceptors (Lipinski definition) is 2. The molecule has 33 heavy (non-hydrogen) atoms. The predicted molar refractivity (Wildman–Crippen MR) is 123 cm³/mol. The number of aliphatic hydroxyl groups is 1. The third-order valence-electron chi connectivity index (χ3n) is 6.88. The van der Waals surface area contributed by atoms with Crippen LogP contribution in [-0.2, 0) is 16.8 Å². The van der Waals surface area contributed by atoms with Gasteiger partial charge in [-0.25, -0.2) is 0 Å². The highest BCUT2D eigenvalue weighted by Crippen LogP contribution is 2.69. The van der Waals surface area contributed by atoms with Crippen molar-refractivity contribution in [3.63, 3.8) is 0 Å². The van der Waals surface area contributed by atoms with Gasteiger partial charge in [-0.2, -0.15) is 13.2 Å². The van der Waals surface area contributed by atoms with Crippen LogP contribution in [0.15, 0.2) is 91.0 Å². The molecule has 0 spiro atoms. The van der Waals surface area contributed by atoms with E-state index in [0.717, 1.165) is 5.56 Å². The summed E-state index contributed by atoms with van der Waals surface area (Å²) in [7, 11) is 0. The van der Waals surface area contributed by atoms with Crippen molar-refractivity contribution >= 4 is 0 Å². The number of halogens is 3. The summed E-state index contributed by atoms with van der Waals surface area (Å²) in [4.78, 5) is 0. The summed E-state index contributed by atoms with van der Waals surface area (Å²) < 4.78 is 50.4. The van der Waals surface area contributed by atoms with Crippen molar-refractivity contribution in [2.45, 2.75) is 62.0 Å². The van der Waals surface area contributed by atoms with Gasteiger partial charge in [0, 0.05) is 0 Å². The quantitative estimate of drug-likeness (QED) is 0.360. The summed E-state index contributed by atoms with van der Waals surface area (Å²) in [6.45, 7) is 1.93. The molecule has 1 fully saturated rings. The molecule has 0 saturated carbocycles. The van der Waals surface area contributed by atoms with Crippen LogP contribution in [0, 0.1) is 0 Å². The number of rotatable bonds is 9. The predicted octanol–water partition coefficient (Wildman–Crippen LogP) is 6.82. The average molecular weight is 455 g/mol. The first-order valence-corrected chi connectivity index (χ1v) is 11.4. The van der Waals surface area contributed by atoms with Gasteiger partial charge in [0.15, 0.2) is 5.60 Å². The highest BCUT2D eigenvalue weighted by atomic mass is 19.4. The molecule has 3 aromatic rings. The van der Waals surface area contributed by atoms with Crippen molar-refractivity contribution < 1.29 is 23.0 Å². The Morgan fingerprint density at radius 1 is 0.727 bits per heavy atom. The number of aryl methyl sites for hydroxylation is 1. The molecule has 1 aliphatic heterocycles. The SMILES string of the molecule is CCCC[C@]1(C(O)(c2ccccc2)c2ccccc2)O[C@@]1(CCc1ccccc1)C(F)(F)F. The largest absolute Gasteiger partial charge is 0.420 e. The van der Waals surface area contributed by atoms with Crippen LogP contribution in [-0.4, -0.2) is 22.5 Å². The molecule has 1 N–H and O–H groups in total. The van der Waals surface area contributed by atoms with Crippen molar-refractivity contribution in [2.24, 2.45) is 0 Å². The normalized spacial score (nSPS) is 22.8. The van der Waals surface area contributed by atoms with Crippen molar-refractivity contribution in [1.29, 1.82) is 0 Å². The second-order valence-electron chi connectivity index (χ2n) is 8.79. The van der Waals surface area contributed by atoms with E-state index in [4.69, 9.17) is 4.74 Å². The monoisotopic (exact) mass is 454 g/mol. The number of unbranched alkanes of at least 4 members (excludes halogenated alkanes) is 1. The van der Waals surface area contributed by atoms with Crippen LogP contribution < -0.4 is 0 Å². The molecule has 0 radical (unpaired) electrons. The van der Waals surface area contributed by atoms with Crippen LogP contribution in [0.2, 0.25) is 0 Å². The molecule has 0 amide bonds. The minimum atomic E-state index is -4.65. The summed E-state index contributed by atoms with van der Waals surface area (Å²) in [6.07, 6.45) is -3.41. The van der Waals surface area contributed by atoms with Crippen molar-refractivity contribution in [3.8, 4) is 0 Å². The molecule has 3 aromatic carbocycles. The van der Waals surface area contributed by atoms with Gasteiger partial charge in [-0.05, 0) is 36.0 Å². The second-order valence-corrected chi connectivity index (χ2v) is 8.79. The molecule has 1 saturated heterocycles. The summed E-state index contributed by atoms with van der Waals surface area (Å²) in [5, 5.41) is 12.3. The zero-order valence-electron chi connectivity index (χ0n) is 18.7. The minimum absolute atomic E-state index is 0.0953. The molecule has 0 bridgehead atoms. The summed E-state index contributed by atoms with van der Waals surface area (Å²) in [5.41, 5.74) is -4.63. The molecule has 0 aliphatic carbocycles. The van der Waals surface area contributed by atoms with Gasteiger partial charge < -0.3 is 9.84 Å². The number of ether oxygens (including phenoxy) is 1. The Morgan fingerprint density at radius 2 is 1.21 bits per heavy atom. The number of hydrogen-bond donors (Lipinski definition) is 1. The maximum atomic E-state index is 14.8.